The number of hydrogen-bond acceptors (Lipinski definition) is 2. The molecule has 0 spiro atoms. The topological polar surface area (TPSA) is 26.3 Å². The average molecular weight is 436 g/mol. The van der Waals surface area contributed by atoms with E-state index < -0.39 is 10.0 Å². The summed E-state index contributed by atoms with van der Waals surface area (Å²) in [5.41, 5.74) is 1.39. The van der Waals surface area contributed by atoms with E-state index in [1.165, 1.54) is 0 Å². The maximum absolute atomic E-state index is 12.4. The molecule has 2 nitrogen and oxygen atoms in total. The largest absolute Gasteiger partial charge is 0.495 e. The van der Waals surface area contributed by atoms with Gasteiger partial charge in [-0.15, -0.1) is 0 Å². The van der Waals surface area contributed by atoms with Crippen LogP contribution < -0.4 is 4.74 Å². The highest BCUT2D eigenvalue weighted by molar-refractivity contribution is 8.08. The molecule has 0 aromatic heterocycles. The molecule has 0 heterocycles. The van der Waals surface area contributed by atoms with Crippen molar-refractivity contribution in [3.05, 3.63) is 70.7 Å². The molecule has 0 aliphatic heterocycles. The third-order valence-corrected chi connectivity index (χ3v) is 6.43. The van der Waals surface area contributed by atoms with Crippen LogP contribution in [0.5, 0.6) is 5.75 Å². The molecule has 1 unspecified atom stereocenters. The molecule has 0 aliphatic rings. The second-order valence-electron chi connectivity index (χ2n) is 5.99. The Morgan fingerprint density at radius 3 is 1.89 bits per heavy atom. The molecule has 4 aromatic carbocycles. The quantitative estimate of drug-likeness (QED) is 0.317. The van der Waals surface area contributed by atoms with Crippen LogP contribution in [0.25, 0.3) is 32.7 Å². The van der Waals surface area contributed by atoms with Crippen LogP contribution in [0.2, 0.25) is 10.0 Å². The number of hydrogen-bond donors (Lipinski definition) is 0. The molecule has 0 saturated carbocycles. The van der Waals surface area contributed by atoms with Gasteiger partial charge in [-0.05, 0) is 44.4 Å². The molecule has 136 valence electrons. The van der Waals surface area contributed by atoms with Crippen molar-refractivity contribution < 1.29 is 8.95 Å². The summed E-state index contributed by atoms with van der Waals surface area (Å²) in [6.07, 6.45) is 0. The smallest absolute Gasteiger partial charge is 0.149 e. The van der Waals surface area contributed by atoms with Crippen LogP contribution in [-0.2, 0) is 10.0 Å². The summed E-state index contributed by atoms with van der Waals surface area (Å²) in [6.45, 7) is 0. The van der Waals surface area contributed by atoms with Crippen molar-refractivity contribution >= 4 is 65.4 Å². The lowest BCUT2D eigenvalue weighted by Gasteiger charge is -2.19. The molecule has 0 saturated heterocycles. The van der Waals surface area contributed by atoms with Gasteiger partial charge in [0.25, 0.3) is 0 Å². The van der Waals surface area contributed by atoms with Gasteiger partial charge in [0.15, 0.2) is 0 Å². The van der Waals surface area contributed by atoms with Crippen LogP contribution in [-0.4, -0.2) is 11.3 Å². The van der Waals surface area contributed by atoms with Crippen molar-refractivity contribution in [1.29, 1.82) is 0 Å². The summed E-state index contributed by atoms with van der Waals surface area (Å²) in [5, 5.41) is 4.43. The Morgan fingerprint density at radius 1 is 0.815 bits per heavy atom. The van der Waals surface area contributed by atoms with Gasteiger partial charge in [-0.3, -0.25) is 0 Å². The highest BCUT2D eigenvalue weighted by Crippen LogP contribution is 2.48. The molecule has 4 rings (SSSR count). The monoisotopic (exact) mass is 434 g/mol. The van der Waals surface area contributed by atoms with Crippen molar-refractivity contribution in [3.8, 4) is 16.9 Å². The van der Waals surface area contributed by atoms with Gasteiger partial charge < -0.3 is 4.74 Å². The summed E-state index contributed by atoms with van der Waals surface area (Å²) < 4.78 is 18.1. The van der Waals surface area contributed by atoms with Crippen molar-refractivity contribution in [3.63, 3.8) is 0 Å². The second-order valence-corrected chi connectivity index (χ2v) is 8.51. The molecule has 0 amide bonds. The van der Waals surface area contributed by atoms with Gasteiger partial charge in [0.05, 0.1) is 22.1 Å². The number of ether oxygens (including phenoxy) is 1. The fourth-order valence-corrected chi connectivity index (χ4v) is 5.34. The van der Waals surface area contributed by atoms with Crippen LogP contribution in [0.3, 0.4) is 0 Å². The Kier molecular flexibility index (Phi) is 5.04. The number of fused-ring (bicyclic) bond motifs is 2. The van der Waals surface area contributed by atoms with Gasteiger partial charge in [-0.1, -0.05) is 71.7 Å². The first-order valence-electron chi connectivity index (χ1n) is 8.07. The normalized spacial score (nSPS) is 12.4. The van der Waals surface area contributed by atoms with E-state index >= 15 is 0 Å². The van der Waals surface area contributed by atoms with Crippen LogP contribution >= 0.6 is 33.9 Å². The Hall–Kier alpha value is -1.78. The number of rotatable bonds is 3. The summed E-state index contributed by atoms with van der Waals surface area (Å²) in [7, 11) is 5.80. The van der Waals surface area contributed by atoms with Crippen LogP contribution in [0.15, 0.2) is 65.6 Å². The zero-order valence-electron chi connectivity index (χ0n) is 14.1. The van der Waals surface area contributed by atoms with Gasteiger partial charge in [0, 0.05) is 11.1 Å². The molecule has 0 N–H and O–H groups in total. The summed E-state index contributed by atoms with van der Waals surface area (Å²) in [4.78, 5) is 0.350. The Labute approximate surface area is 173 Å². The molecule has 1 atom stereocenters. The minimum absolute atomic E-state index is 0.336. The second kappa shape index (κ2) is 7.33. The maximum atomic E-state index is 12.4. The van der Waals surface area contributed by atoms with Crippen molar-refractivity contribution in [1.82, 2.24) is 0 Å². The average Bonchev–Trinajstić information content (AvgIpc) is 2.65. The Balaban J connectivity index is 2.31. The number of methoxy groups -OCH3 is 1. The summed E-state index contributed by atoms with van der Waals surface area (Å²) in [6, 6.07) is 19.2. The van der Waals surface area contributed by atoms with E-state index in [9.17, 15) is 4.21 Å². The minimum Gasteiger partial charge on any atom is -0.495 e. The van der Waals surface area contributed by atoms with E-state index in [4.69, 9.17) is 38.6 Å². The van der Waals surface area contributed by atoms with Crippen LogP contribution in [0, 0.1) is 0 Å². The molecular formula is C21H13Cl3O2S. The third-order valence-electron chi connectivity index (χ3n) is 4.53. The highest BCUT2D eigenvalue weighted by Gasteiger charge is 2.24. The SMILES string of the molecule is COc1c(Cl)cc2ccccc2c1-c1c(S(=O)Cl)c(Cl)cc2ccccc12. The van der Waals surface area contributed by atoms with Gasteiger partial charge in [-0.2, -0.15) is 0 Å². The fourth-order valence-electron chi connectivity index (χ4n) is 3.44. The van der Waals surface area contributed by atoms with Gasteiger partial charge in [-0.25, -0.2) is 4.21 Å². The van der Waals surface area contributed by atoms with Gasteiger partial charge >= 0.3 is 0 Å². The van der Waals surface area contributed by atoms with Gasteiger partial charge in [0.2, 0.25) is 0 Å². The van der Waals surface area contributed by atoms with Gasteiger partial charge in [0.1, 0.15) is 15.8 Å². The Morgan fingerprint density at radius 2 is 1.33 bits per heavy atom. The van der Waals surface area contributed by atoms with E-state index in [-0.39, 0.29) is 0 Å². The standard InChI is InChI=1S/C21H13Cl3O2S/c1-26-20-16(22)10-12-6-2-4-8-14(12)18(20)19-15-9-5-3-7-13(15)11-17(23)21(19)27(24)25/h2-11H,1H3. The van der Waals surface area contributed by atoms with E-state index in [1.807, 2.05) is 54.6 Å². The summed E-state index contributed by atoms with van der Waals surface area (Å²) >= 11 is 13.0. The van der Waals surface area contributed by atoms with Crippen molar-refractivity contribution in [2.24, 2.45) is 0 Å². The summed E-state index contributed by atoms with van der Waals surface area (Å²) in [5.74, 6) is 0.492. The third kappa shape index (κ3) is 3.09. The highest BCUT2D eigenvalue weighted by atomic mass is 35.7. The minimum atomic E-state index is -1.83. The molecule has 0 fully saturated rings. The zero-order chi connectivity index (χ0) is 19.1. The molecule has 0 radical (unpaired) electrons. The first-order valence-corrected chi connectivity index (χ1v) is 10.8. The van der Waals surface area contributed by atoms with E-state index in [2.05, 4.69) is 0 Å². The zero-order valence-corrected chi connectivity index (χ0v) is 17.2. The lowest BCUT2D eigenvalue weighted by molar-refractivity contribution is 0.417. The molecule has 0 bridgehead atoms. The molecule has 27 heavy (non-hydrogen) atoms. The van der Waals surface area contributed by atoms with Crippen LogP contribution in [0.1, 0.15) is 0 Å². The molecule has 4 aromatic rings. The molecule has 0 aliphatic carbocycles. The predicted molar refractivity (Wildman–Crippen MR) is 116 cm³/mol. The van der Waals surface area contributed by atoms with E-state index in [0.29, 0.717) is 26.3 Å². The molecule has 6 heteroatoms. The first-order chi connectivity index (χ1) is 13.0. The first kappa shape index (κ1) is 18.6. The number of halogens is 3. The lowest BCUT2D eigenvalue weighted by Crippen LogP contribution is -1.97. The lowest BCUT2D eigenvalue weighted by atomic mass is 9.93. The molecular weight excluding hydrogens is 423 g/mol. The van der Waals surface area contributed by atoms with Crippen LogP contribution in [0.4, 0.5) is 0 Å². The predicted octanol–water partition coefficient (Wildman–Crippen LogP) is 7.24. The van der Waals surface area contributed by atoms with Crippen molar-refractivity contribution in [2.75, 3.05) is 7.11 Å². The fraction of sp³-hybridized carbons (Fsp3) is 0.0476. The van der Waals surface area contributed by atoms with Crippen molar-refractivity contribution in [2.45, 2.75) is 4.90 Å². The van der Waals surface area contributed by atoms with E-state index in [1.54, 1.807) is 13.2 Å². The number of benzene rings is 4. The van der Waals surface area contributed by atoms with E-state index in [0.717, 1.165) is 27.1 Å². The Bertz CT molecular complexity index is 1220. The maximum Gasteiger partial charge on any atom is 0.149 e.